The lowest BCUT2D eigenvalue weighted by Gasteiger charge is -2.31. The lowest BCUT2D eigenvalue weighted by Crippen LogP contribution is -2.54. The van der Waals surface area contributed by atoms with E-state index in [0.29, 0.717) is 42.7 Å². The number of hydrogen-bond donors (Lipinski definition) is 3. The molecule has 0 bridgehead atoms. The average molecular weight is 646 g/mol. The first-order valence-corrected chi connectivity index (χ1v) is 16.1. The lowest BCUT2D eigenvalue weighted by molar-refractivity contribution is -0.172. The van der Waals surface area contributed by atoms with E-state index in [1.807, 2.05) is 6.92 Å². The van der Waals surface area contributed by atoms with E-state index in [1.165, 1.54) is 4.90 Å². The fraction of sp³-hybridized carbons (Fsp3) is 0.471. The van der Waals surface area contributed by atoms with Gasteiger partial charge in [-0.1, -0.05) is 27.7 Å². The van der Waals surface area contributed by atoms with Crippen molar-refractivity contribution in [2.24, 2.45) is 11.7 Å². The highest BCUT2D eigenvalue weighted by Crippen LogP contribution is 2.40. The Morgan fingerprint density at radius 3 is 2.64 bits per heavy atom. The second kappa shape index (κ2) is 12.2. The predicted molar refractivity (Wildman–Crippen MR) is 170 cm³/mol. The first kappa shape index (κ1) is 32.3. The SMILES string of the molecule is CCc1c2c(nc3ccc(OC(=O)[C@@H](NC(=O)[C@@H]4CCCN4C(=O)CN)C(C)C)cc13)-c1cc3c(c(=O)n1C2)COC(=O)[C@]3(O)CC. The molecule has 0 saturated carbocycles. The van der Waals surface area contributed by atoms with Crippen molar-refractivity contribution in [3.63, 3.8) is 0 Å². The van der Waals surface area contributed by atoms with E-state index in [9.17, 15) is 29.1 Å². The zero-order chi connectivity index (χ0) is 33.8. The second-order valence-electron chi connectivity index (χ2n) is 12.7. The monoisotopic (exact) mass is 645 g/mol. The molecule has 3 aromatic rings. The number of esters is 2. The zero-order valence-corrected chi connectivity index (χ0v) is 26.9. The van der Waals surface area contributed by atoms with Crippen molar-refractivity contribution in [3.05, 3.63) is 56.9 Å². The van der Waals surface area contributed by atoms with E-state index in [4.69, 9.17) is 20.2 Å². The van der Waals surface area contributed by atoms with E-state index in [1.54, 1.807) is 49.6 Å². The van der Waals surface area contributed by atoms with E-state index in [0.717, 1.165) is 16.5 Å². The van der Waals surface area contributed by atoms with Gasteiger partial charge in [0.15, 0.2) is 5.60 Å². The number of benzene rings is 1. The minimum absolute atomic E-state index is 0.0514. The molecule has 47 heavy (non-hydrogen) atoms. The minimum atomic E-state index is -1.92. The number of cyclic esters (lactones) is 1. The van der Waals surface area contributed by atoms with Gasteiger partial charge in [-0.2, -0.15) is 0 Å². The summed E-state index contributed by atoms with van der Waals surface area (Å²) in [6.45, 7) is 7.53. The summed E-state index contributed by atoms with van der Waals surface area (Å²) in [5.41, 5.74) is 7.23. The van der Waals surface area contributed by atoms with E-state index >= 15 is 0 Å². The number of carbonyl (C=O) groups is 4. The molecule has 1 aromatic carbocycles. The highest BCUT2D eigenvalue weighted by atomic mass is 16.6. The normalized spacial score (nSPS) is 20.4. The topological polar surface area (TPSA) is 183 Å². The van der Waals surface area contributed by atoms with Crippen molar-refractivity contribution in [2.45, 2.75) is 84.2 Å². The molecular formula is C34H39N5O8. The Hall–Kier alpha value is -4.62. The Labute approximate surface area is 271 Å². The summed E-state index contributed by atoms with van der Waals surface area (Å²) in [5.74, 6) is -2.17. The molecule has 3 aliphatic heterocycles. The van der Waals surface area contributed by atoms with Crippen LogP contribution in [0.4, 0.5) is 0 Å². The molecule has 5 heterocycles. The third-order valence-electron chi connectivity index (χ3n) is 9.62. The molecule has 2 aromatic heterocycles. The lowest BCUT2D eigenvalue weighted by atomic mass is 9.86. The predicted octanol–water partition coefficient (Wildman–Crippen LogP) is 1.64. The zero-order valence-electron chi connectivity index (χ0n) is 26.9. The van der Waals surface area contributed by atoms with Crippen LogP contribution in [0.1, 0.15) is 69.2 Å². The Bertz CT molecular complexity index is 1880. The molecular weight excluding hydrogens is 606 g/mol. The maximum Gasteiger partial charge on any atom is 0.343 e. The van der Waals surface area contributed by atoms with Crippen molar-refractivity contribution in [1.29, 1.82) is 0 Å². The van der Waals surface area contributed by atoms with Crippen LogP contribution in [0.25, 0.3) is 22.3 Å². The molecule has 0 radical (unpaired) electrons. The number of pyridine rings is 2. The Morgan fingerprint density at radius 2 is 1.96 bits per heavy atom. The van der Waals surface area contributed by atoms with Gasteiger partial charge in [0, 0.05) is 23.1 Å². The number of aliphatic hydroxyl groups is 1. The van der Waals surface area contributed by atoms with Crippen LogP contribution < -0.4 is 21.3 Å². The molecule has 1 saturated heterocycles. The van der Waals surface area contributed by atoms with Gasteiger partial charge >= 0.3 is 11.9 Å². The molecule has 2 amide bonds. The Balaban J connectivity index is 1.30. The summed E-state index contributed by atoms with van der Waals surface area (Å²) in [6.07, 6.45) is 1.80. The van der Waals surface area contributed by atoms with Gasteiger partial charge in [-0.25, -0.2) is 14.6 Å². The molecule has 13 heteroatoms. The number of hydrogen-bond acceptors (Lipinski definition) is 10. The van der Waals surface area contributed by atoms with Crippen molar-refractivity contribution < 1.29 is 33.8 Å². The fourth-order valence-electron chi connectivity index (χ4n) is 6.99. The van der Waals surface area contributed by atoms with Gasteiger partial charge in [-0.15, -0.1) is 0 Å². The van der Waals surface area contributed by atoms with Gasteiger partial charge in [0.2, 0.25) is 11.8 Å². The second-order valence-corrected chi connectivity index (χ2v) is 12.7. The van der Waals surface area contributed by atoms with E-state index in [-0.39, 0.29) is 60.4 Å². The maximum absolute atomic E-state index is 13.6. The van der Waals surface area contributed by atoms with Gasteiger partial charge in [0.25, 0.3) is 5.56 Å². The number of aryl methyl sites for hydroxylation is 1. The number of rotatable bonds is 8. The number of nitrogens with zero attached hydrogens (tertiary/aromatic N) is 3. The summed E-state index contributed by atoms with van der Waals surface area (Å²) in [6, 6.07) is 5.12. The van der Waals surface area contributed by atoms with Crippen LogP contribution >= 0.6 is 0 Å². The summed E-state index contributed by atoms with van der Waals surface area (Å²) < 4.78 is 12.6. The number of nitrogens with one attached hydrogen (secondary N) is 1. The number of nitrogens with two attached hydrogens (primary N) is 1. The highest BCUT2D eigenvalue weighted by molar-refractivity contribution is 5.93. The van der Waals surface area contributed by atoms with E-state index < -0.39 is 35.5 Å². The Kier molecular flexibility index (Phi) is 8.39. The molecule has 0 unspecified atom stereocenters. The van der Waals surface area contributed by atoms with Crippen LogP contribution in [0.2, 0.25) is 0 Å². The van der Waals surface area contributed by atoms with E-state index in [2.05, 4.69) is 5.32 Å². The molecule has 3 atom stereocenters. The van der Waals surface area contributed by atoms with Crippen molar-refractivity contribution in [2.75, 3.05) is 13.1 Å². The number of ether oxygens (including phenoxy) is 2. The fourth-order valence-corrected chi connectivity index (χ4v) is 6.99. The third kappa shape index (κ3) is 5.27. The van der Waals surface area contributed by atoms with Crippen LogP contribution in [0.5, 0.6) is 5.75 Å². The van der Waals surface area contributed by atoms with Crippen molar-refractivity contribution >= 4 is 34.7 Å². The first-order chi connectivity index (χ1) is 22.4. The Morgan fingerprint density at radius 1 is 1.19 bits per heavy atom. The molecule has 1 fully saturated rings. The van der Waals surface area contributed by atoms with Gasteiger partial charge in [-0.05, 0) is 61.4 Å². The average Bonchev–Trinajstić information content (AvgIpc) is 3.69. The number of fused-ring (bicyclic) bond motifs is 5. The molecule has 6 rings (SSSR count). The summed E-state index contributed by atoms with van der Waals surface area (Å²) in [7, 11) is 0. The molecule has 4 N–H and O–H groups in total. The van der Waals surface area contributed by atoms with Gasteiger partial charge in [0.05, 0.1) is 35.6 Å². The number of carbonyl (C=O) groups excluding carboxylic acids is 4. The van der Waals surface area contributed by atoms with Crippen LogP contribution in [-0.4, -0.2) is 68.5 Å². The molecule has 0 aliphatic carbocycles. The summed E-state index contributed by atoms with van der Waals surface area (Å²) in [5, 5.41) is 14.7. The van der Waals surface area contributed by atoms with Crippen molar-refractivity contribution in [3.8, 4) is 17.1 Å². The summed E-state index contributed by atoms with van der Waals surface area (Å²) in [4.78, 5) is 71.3. The van der Waals surface area contributed by atoms with Crippen molar-refractivity contribution in [1.82, 2.24) is 19.8 Å². The number of likely N-dealkylation sites (tertiary alicyclic amines) is 1. The van der Waals surface area contributed by atoms with Gasteiger partial charge in [-0.3, -0.25) is 14.4 Å². The number of amides is 2. The van der Waals surface area contributed by atoms with Crippen LogP contribution in [0.15, 0.2) is 29.1 Å². The number of aromatic nitrogens is 2. The minimum Gasteiger partial charge on any atom is -0.458 e. The van der Waals surface area contributed by atoms with Gasteiger partial charge in [0.1, 0.15) is 24.4 Å². The quantitative estimate of drug-likeness (QED) is 0.188. The van der Waals surface area contributed by atoms with Crippen LogP contribution in [-0.2, 0) is 49.1 Å². The summed E-state index contributed by atoms with van der Waals surface area (Å²) >= 11 is 0. The third-order valence-corrected chi connectivity index (χ3v) is 9.62. The maximum atomic E-state index is 13.6. The molecule has 13 nitrogen and oxygen atoms in total. The molecule has 3 aliphatic rings. The largest absolute Gasteiger partial charge is 0.458 e. The highest BCUT2D eigenvalue weighted by Gasteiger charge is 2.45. The standard InChI is InChI=1S/C34H39N5O8/c1-5-19-20-12-18(47-32(43)28(17(3)4)37-30(41)25-8-7-11-38(25)27(40)14-35)9-10-24(20)36-29-21(19)15-39-26(29)13-23-22(31(39)42)16-46-33(44)34(23,45)6-2/h9-10,12-13,17,25,28,45H,5-8,11,14-16,35H2,1-4H3,(H,37,41)/t25-,28-,34-/m0/s1. The van der Waals surface area contributed by atoms with Gasteiger partial charge < -0.3 is 35.1 Å². The molecule has 248 valence electrons. The van der Waals surface area contributed by atoms with Crippen LogP contribution in [0.3, 0.4) is 0 Å². The molecule has 0 spiro atoms. The first-order valence-electron chi connectivity index (χ1n) is 16.1. The van der Waals surface area contributed by atoms with Crippen LogP contribution in [0, 0.1) is 5.92 Å². The smallest absolute Gasteiger partial charge is 0.343 e.